The molecule has 9 nitrogen and oxygen atoms in total. The van der Waals surface area contributed by atoms with E-state index >= 15 is 0 Å². The lowest BCUT2D eigenvalue weighted by Crippen LogP contribution is -2.65. The Kier molecular flexibility index (Phi) is 10.9. The minimum absolute atomic E-state index is 0.0572. The lowest BCUT2D eigenvalue weighted by atomic mass is 9.77. The van der Waals surface area contributed by atoms with Crippen molar-refractivity contribution in [2.45, 2.75) is 83.1 Å². The van der Waals surface area contributed by atoms with Gasteiger partial charge in [0.05, 0.1) is 31.3 Å². The lowest BCUT2D eigenvalue weighted by molar-refractivity contribution is -0.151. The molecule has 0 radical (unpaired) electrons. The third-order valence-electron chi connectivity index (χ3n) is 10.1. The number of rotatable bonds is 4. The van der Waals surface area contributed by atoms with Crippen molar-refractivity contribution >= 4 is 23.8 Å². The molecule has 3 fully saturated rings. The predicted octanol–water partition coefficient (Wildman–Crippen LogP) is 5.03. The smallest absolute Gasteiger partial charge is 0.410 e. The van der Waals surface area contributed by atoms with Gasteiger partial charge in [-0.25, -0.2) is 9.18 Å². The van der Waals surface area contributed by atoms with E-state index in [1.807, 2.05) is 50.0 Å². The summed E-state index contributed by atoms with van der Waals surface area (Å²) in [6.45, 7) is 11.1. The summed E-state index contributed by atoms with van der Waals surface area (Å²) >= 11 is 0. The molecule has 0 aliphatic carbocycles. The van der Waals surface area contributed by atoms with Gasteiger partial charge in [-0.2, -0.15) is 0 Å². The van der Waals surface area contributed by atoms with E-state index in [0.29, 0.717) is 51.3 Å². The Hall–Kier alpha value is -2.95. The summed E-state index contributed by atoms with van der Waals surface area (Å²) in [6, 6.07) is 4.93. The zero-order chi connectivity index (χ0) is 32.1. The average Bonchev–Trinajstić information content (AvgIpc) is 3.00. The highest BCUT2D eigenvalue weighted by molar-refractivity contribution is 5.71. The Morgan fingerprint density at radius 1 is 1.04 bits per heavy atom. The van der Waals surface area contributed by atoms with Crippen LogP contribution in [0.3, 0.4) is 0 Å². The molecular weight excluding hydrogens is 577 g/mol. The molecule has 10 heteroatoms. The minimum atomic E-state index is -0.864. The van der Waals surface area contributed by atoms with Crippen LogP contribution < -0.4 is 4.90 Å². The quantitative estimate of drug-likeness (QED) is 0.368. The summed E-state index contributed by atoms with van der Waals surface area (Å²) in [5.41, 5.74) is 2.10. The van der Waals surface area contributed by atoms with Crippen LogP contribution in [0.2, 0.25) is 0 Å². The van der Waals surface area contributed by atoms with Gasteiger partial charge in [0.15, 0.2) is 0 Å². The summed E-state index contributed by atoms with van der Waals surface area (Å²) in [7, 11) is 2.11. The van der Waals surface area contributed by atoms with Crippen molar-refractivity contribution in [2.75, 3.05) is 57.9 Å². The van der Waals surface area contributed by atoms with Crippen molar-refractivity contribution in [1.29, 1.82) is 0 Å². The number of carbonyl (C=O) groups excluding carboxylic acids is 2. The normalized spacial score (nSPS) is 30.9. The molecule has 45 heavy (non-hydrogen) atoms. The fraction of sp³-hybridized carbons (Fsp3) is 0.657. The van der Waals surface area contributed by atoms with Crippen LogP contribution in [0, 0.1) is 17.7 Å². The molecule has 1 spiro atoms. The summed E-state index contributed by atoms with van der Waals surface area (Å²) in [4.78, 5) is 32.7. The Morgan fingerprint density at radius 2 is 1.76 bits per heavy atom. The highest BCUT2D eigenvalue weighted by Crippen LogP contribution is 2.40. The van der Waals surface area contributed by atoms with Gasteiger partial charge in [-0.3, -0.25) is 4.79 Å². The van der Waals surface area contributed by atoms with Gasteiger partial charge in [0.1, 0.15) is 18.0 Å². The summed E-state index contributed by atoms with van der Waals surface area (Å²) in [5.74, 6) is -1.15. The zero-order valence-corrected chi connectivity index (χ0v) is 27.3. The molecule has 1 aromatic carbocycles. The van der Waals surface area contributed by atoms with E-state index in [0.717, 1.165) is 43.6 Å². The fourth-order valence-corrected chi connectivity index (χ4v) is 7.04. The number of ether oxygens (including phenoxy) is 3. The summed E-state index contributed by atoms with van der Waals surface area (Å²) in [5, 5.41) is 10.7. The average molecular weight is 628 g/mol. The van der Waals surface area contributed by atoms with Crippen molar-refractivity contribution in [1.82, 2.24) is 9.80 Å². The molecule has 0 aromatic heterocycles. The second-order valence-electron chi connectivity index (χ2n) is 13.6. The molecule has 4 aliphatic rings. The number of aliphatic hydroxyl groups is 1. The third kappa shape index (κ3) is 8.26. The molecular formula is C35H50FN3O6. The number of cyclic esters (lactones) is 1. The van der Waals surface area contributed by atoms with Crippen LogP contribution in [0.1, 0.15) is 64.9 Å². The molecule has 3 saturated heterocycles. The molecule has 0 bridgehead atoms. The minimum Gasteiger partial charge on any atom is -0.457 e. The molecule has 248 valence electrons. The first-order valence-corrected chi connectivity index (χ1v) is 16.6. The predicted molar refractivity (Wildman–Crippen MR) is 171 cm³/mol. The Bertz CT molecular complexity index is 1260. The number of carbonyl (C=O) groups is 2. The van der Waals surface area contributed by atoms with Crippen molar-refractivity contribution in [2.24, 2.45) is 11.8 Å². The van der Waals surface area contributed by atoms with Crippen LogP contribution in [0.15, 0.2) is 35.9 Å². The first-order chi connectivity index (χ1) is 21.5. The number of piperidine rings is 1. The largest absolute Gasteiger partial charge is 0.457 e. The Balaban J connectivity index is 1.35. The second-order valence-corrected chi connectivity index (χ2v) is 13.6. The molecule has 0 unspecified atom stereocenters. The number of nitrogens with zero attached hydrogens (tertiary/aromatic N) is 3. The molecule has 5 atom stereocenters. The van der Waals surface area contributed by atoms with Gasteiger partial charge in [-0.05, 0) is 87.4 Å². The maximum Gasteiger partial charge on any atom is 0.410 e. The number of hydrogen-bond acceptors (Lipinski definition) is 8. The van der Waals surface area contributed by atoms with Gasteiger partial charge in [0.2, 0.25) is 0 Å². The number of likely N-dealkylation sites (tertiary alicyclic amines) is 2. The molecule has 1 N–H and O–H groups in total. The highest BCUT2D eigenvalue weighted by atomic mass is 19.1. The maximum absolute atomic E-state index is 14.7. The van der Waals surface area contributed by atoms with Gasteiger partial charge in [0.25, 0.3) is 0 Å². The molecule has 1 amide bonds. The maximum atomic E-state index is 14.7. The number of morpholine rings is 1. The van der Waals surface area contributed by atoms with E-state index in [1.54, 1.807) is 0 Å². The highest BCUT2D eigenvalue weighted by Gasteiger charge is 2.49. The number of anilines is 1. The third-order valence-corrected chi connectivity index (χ3v) is 10.1. The number of hydrogen-bond donors (Lipinski definition) is 1. The monoisotopic (exact) mass is 627 g/mol. The van der Waals surface area contributed by atoms with E-state index in [-0.39, 0.29) is 35.7 Å². The van der Waals surface area contributed by atoms with Crippen LogP contribution in [0.25, 0.3) is 6.08 Å². The van der Waals surface area contributed by atoms with Crippen molar-refractivity contribution in [3.63, 3.8) is 0 Å². The first kappa shape index (κ1) is 33.4. The molecule has 4 aliphatic heterocycles. The lowest BCUT2D eigenvalue weighted by Gasteiger charge is -2.55. The van der Waals surface area contributed by atoms with Crippen LogP contribution in [0.5, 0.6) is 0 Å². The van der Waals surface area contributed by atoms with E-state index in [2.05, 4.69) is 16.8 Å². The van der Waals surface area contributed by atoms with Gasteiger partial charge in [0, 0.05) is 44.3 Å². The van der Waals surface area contributed by atoms with Gasteiger partial charge >= 0.3 is 12.1 Å². The Labute approximate surface area is 267 Å². The zero-order valence-electron chi connectivity index (χ0n) is 27.3. The number of halogens is 1. The van der Waals surface area contributed by atoms with Gasteiger partial charge in [-0.15, -0.1) is 0 Å². The van der Waals surface area contributed by atoms with Crippen molar-refractivity contribution in [3.8, 4) is 0 Å². The van der Waals surface area contributed by atoms with Gasteiger partial charge in [-0.1, -0.05) is 26.0 Å². The Morgan fingerprint density at radius 3 is 2.44 bits per heavy atom. The number of esters is 1. The van der Waals surface area contributed by atoms with Crippen LogP contribution in [-0.4, -0.2) is 104 Å². The summed E-state index contributed by atoms with van der Waals surface area (Å²) in [6.07, 6.45) is 7.20. The topological polar surface area (TPSA) is 91.8 Å². The SMILES string of the molecule is C/C(=C\c1cc(F)cc(N2CCOCC2)c1)[C@H]1OC(=O)C[C@H](O)CC[C@H](C)[C@@H](OC(=O)N2CCC23CCN(C)CC3)/C=C/[C@@H]1C. The van der Waals surface area contributed by atoms with Crippen molar-refractivity contribution < 1.29 is 33.3 Å². The van der Waals surface area contributed by atoms with E-state index < -0.39 is 24.3 Å². The number of aliphatic hydroxyl groups excluding tert-OH is 1. The molecule has 5 rings (SSSR count). The van der Waals surface area contributed by atoms with Gasteiger partial charge < -0.3 is 34.0 Å². The second kappa shape index (κ2) is 14.6. The van der Waals surface area contributed by atoms with E-state index in [1.165, 1.54) is 12.1 Å². The van der Waals surface area contributed by atoms with Crippen LogP contribution in [-0.2, 0) is 19.0 Å². The van der Waals surface area contributed by atoms with Crippen LogP contribution >= 0.6 is 0 Å². The van der Waals surface area contributed by atoms with E-state index in [4.69, 9.17) is 14.2 Å². The van der Waals surface area contributed by atoms with E-state index in [9.17, 15) is 19.1 Å². The van der Waals surface area contributed by atoms with Crippen molar-refractivity contribution in [3.05, 3.63) is 47.3 Å². The first-order valence-electron chi connectivity index (χ1n) is 16.6. The number of benzene rings is 1. The standard InChI is InChI=1S/C35H50FN3O6/c1-24-5-7-30(40)23-32(41)45-33(26(3)19-27-20-28(36)22-29(21-27)38-15-17-43-18-16-38)25(2)6-8-31(24)44-34(42)39-14-11-35(39)9-12-37(4)13-10-35/h6,8,19-22,24-25,30-31,33,40H,5,7,9-18,23H2,1-4H3/b8-6+,26-19+/t24-,25-,30+,31-,33-/m0/s1. The van der Waals surface area contributed by atoms with Crippen LogP contribution in [0.4, 0.5) is 14.9 Å². The summed E-state index contributed by atoms with van der Waals surface area (Å²) < 4.78 is 32.3. The molecule has 1 aromatic rings. The number of amides is 1. The fourth-order valence-electron chi connectivity index (χ4n) is 7.04. The molecule has 4 heterocycles. The molecule has 0 saturated carbocycles.